The molecule has 0 saturated carbocycles. The lowest BCUT2D eigenvalue weighted by atomic mass is 10.0. The molecule has 0 N–H and O–H groups in total. The van der Waals surface area contributed by atoms with Crippen LogP contribution in [0.2, 0.25) is 0 Å². The molecule has 0 aromatic rings. The van der Waals surface area contributed by atoms with Gasteiger partial charge in [-0.25, -0.2) is 0 Å². The summed E-state index contributed by atoms with van der Waals surface area (Å²) in [5.41, 5.74) is 0. The standard InChI is InChI=1S/C25H48O/c1-2-3-4-5-6-7-8-9-10-11-12-13-14-15-16-17-18-19-20-21-22-23-24-25-26/h2,25H,1,3-24H2. The Morgan fingerprint density at radius 2 is 0.615 bits per heavy atom. The van der Waals surface area contributed by atoms with E-state index >= 15 is 0 Å². The lowest BCUT2D eigenvalue weighted by Crippen LogP contribution is -1.84. The van der Waals surface area contributed by atoms with Crippen LogP contribution in [0, 0.1) is 0 Å². The van der Waals surface area contributed by atoms with Crippen LogP contribution in [-0.2, 0) is 4.79 Å². The highest BCUT2D eigenvalue weighted by Gasteiger charge is 1.95. The van der Waals surface area contributed by atoms with E-state index in [-0.39, 0.29) is 0 Å². The first-order chi connectivity index (χ1) is 12.9. The predicted octanol–water partition coefficient (Wildman–Crippen LogP) is 8.95. The Labute approximate surface area is 165 Å². The summed E-state index contributed by atoms with van der Waals surface area (Å²) in [4.78, 5) is 10.2. The van der Waals surface area contributed by atoms with Gasteiger partial charge in [0.25, 0.3) is 0 Å². The van der Waals surface area contributed by atoms with Gasteiger partial charge < -0.3 is 4.79 Å². The van der Waals surface area contributed by atoms with Crippen molar-refractivity contribution < 1.29 is 4.79 Å². The quantitative estimate of drug-likeness (QED) is 0.100. The fraction of sp³-hybridized carbons (Fsp3) is 0.880. The monoisotopic (exact) mass is 364 g/mol. The van der Waals surface area contributed by atoms with Crippen molar-refractivity contribution in [2.75, 3.05) is 0 Å². The number of unbranched alkanes of at least 4 members (excludes halogenated alkanes) is 21. The first-order valence-electron chi connectivity index (χ1n) is 12.0. The van der Waals surface area contributed by atoms with E-state index in [2.05, 4.69) is 6.58 Å². The molecule has 0 amide bonds. The van der Waals surface area contributed by atoms with E-state index in [0.29, 0.717) is 0 Å². The molecule has 26 heavy (non-hydrogen) atoms. The first-order valence-corrected chi connectivity index (χ1v) is 12.0. The summed E-state index contributed by atoms with van der Waals surface area (Å²) in [6.45, 7) is 3.78. The van der Waals surface area contributed by atoms with Crippen LogP contribution >= 0.6 is 0 Å². The molecule has 0 unspecified atom stereocenters. The van der Waals surface area contributed by atoms with Crippen LogP contribution in [-0.4, -0.2) is 6.29 Å². The van der Waals surface area contributed by atoms with Crippen molar-refractivity contribution in [2.45, 2.75) is 141 Å². The van der Waals surface area contributed by atoms with Gasteiger partial charge in [-0.15, -0.1) is 6.58 Å². The van der Waals surface area contributed by atoms with Gasteiger partial charge in [-0.3, -0.25) is 0 Å². The van der Waals surface area contributed by atoms with E-state index in [1.165, 1.54) is 128 Å². The molecule has 0 radical (unpaired) electrons. The Bertz CT molecular complexity index is 243. The van der Waals surface area contributed by atoms with Gasteiger partial charge in [0.1, 0.15) is 6.29 Å². The summed E-state index contributed by atoms with van der Waals surface area (Å²) >= 11 is 0. The van der Waals surface area contributed by atoms with Gasteiger partial charge in [0.05, 0.1) is 0 Å². The molecule has 0 aliphatic heterocycles. The molecule has 0 bridgehead atoms. The molecule has 1 nitrogen and oxygen atoms in total. The molecule has 0 aromatic heterocycles. The summed E-state index contributed by atoms with van der Waals surface area (Å²) in [5.74, 6) is 0. The highest BCUT2D eigenvalue weighted by atomic mass is 16.1. The third kappa shape index (κ3) is 23.4. The van der Waals surface area contributed by atoms with Crippen LogP contribution in [0.4, 0.5) is 0 Å². The average molecular weight is 365 g/mol. The molecule has 0 aliphatic carbocycles. The minimum Gasteiger partial charge on any atom is -0.303 e. The Kier molecular flexibility index (Phi) is 23.9. The minimum atomic E-state index is 0.760. The van der Waals surface area contributed by atoms with Crippen molar-refractivity contribution in [3.63, 3.8) is 0 Å². The summed E-state index contributed by atoms with van der Waals surface area (Å²) < 4.78 is 0. The van der Waals surface area contributed by atoms with Crippen molar-refractivity contribution in [1.82, 2.24) is 0 Å². The van der Waals surface area contributed by atoms with Gasteiger partial charge in [0.2, 0.25) is 0 Å². The molecule has 1 heteroatoms. The smallest absolute Gasteiger partial charge is 0.119 e. The molecule has 154 valence electrons. The maximum Gasteiger partial charge on any atom is 0.119 e. The third-order valence-corrected chi connectivity index (χ3v) is 5.48. The van der Waals surface area contributed by atoms with E-state index in [9.17, 15) is 4.79 Å². The average Bonchev–Trinajstić information content (AvgIpc) is 2.66. The van der Waals surface area contributed by atoms with Crippen LogP contribution in [0.3, 0.4) is 0 Å². The molecule has 0 aromatic carbocycles. The normalized spacial score (nSPS) is 10.9. The zero-order valence-corrected chi connectivity index (χ0v) is 17.8. The van der Waals surface area contributed by atoms with Gasteiger partial charge in [-0.2, -0.15) is 0 Å². The largest absolute Gasteiger partial charge is 0.303 e. The SMILES string of the molecule is C=CCCCCCCCCCCCCCCCCCCCCCCC=O. The predicted molar refractivity (Wildman–Crippen MR) is 118 cm³/mol. The molecule has 0 fully saturated rings. The second-order valence-electron chi connectivity index (χ2n) is 8.10. The topological polar surface area (TPSA) is 17.1 Å². The number of hydrogen-bond acceptors (Lipinski definition) is 1. The van der Waals surface area contributed by atoms with Crippen LogP contribution in [0.15, 0.2) is 12.7 Å². The minimum absolute atomic E-state index is 0.760. The number of allylic oxidation sites excluding steroid dienone is 1. The molecular weight excluding hydrogens is 316 g/mol. The highest BCUT2D eigenvalue weighted by Crippen LogP contribution is 2.15. The van der Waals surface area contributed by atoms with Gasteiger partial charge in [0.15, 0.2) is 0 Å². The molecular formula is C25H48O. The van der Waals surface area contributed by atoms with E-state index in [1.807, 2.05) is 6.08 Å². The number of hydrogen-bond donors (Lipinski definition) is 0. The van der Waals surface area contributed by atoms with E-state index in [0.717, 1.165) is 19.1 Å². The van der Waals surface area contributed by atoms with Gasteiger partial charge in [0, 0.05) is 6.42 Å². The lowest BCUT2D eigenvalue weighted by molar-refractivity contribution is -0.107. The van der Waals surface area contributed by atoms with Crippen molar-refractivity contribution in [1.29, 1.82) is 0 Å². The fourth-order valence-electron chi connectivity index (χ4n) is 3.70. The van der Waals surface area contributed by atoms with Gasteiger partial charge in [-0.05, 0) is 19.3 Å². The fourth-order valence-corrected chi connectivity index (χ4v) is 3.70. The Morgan fingerprint density at radius 1 is 0.385 bits per heavy atom. The van der Waals surface area contributed by atoms with Crippen molar-refractivity contribution in [3.8, 4) is 0 Å². The molecule has 0 spiro atoms. The van der Waals surface area contributed by atoms with Crippen LogP contribution in [0.25, 0.3) is 0 Å². The zero-order valence-electron chi connectivity index (χ0n) is 17.8. The van der Waals surface area contributed by atoms with E-state index in [4.69, 9.17) is 0 Å². The molecule has 0 rings (SSSR count). The van der Waals surface area contributed by atoms with Crippen LogP contribution in [0.5, 0.6) is 0 Å². The third-order valence-electron chi connectivity index (χ3n) is 5.48. The Hall–Kier alpha value is -0.590. The summed E-state index contributed by atoms with van der Waals surface area (Å²) in [6, 6.07) is 0. The zero-order chi connectivity index (χ0) is 19.0. The molecule has 0 atom stereocenters. The Morgan fingerprint density at radius 3 is 0.846 bits per heavy atom. The molecule has 0 heterocycles. The van der Waals surface area contributed by atoms with Gasteiger partial charge in [-0.1, -0.05) is 122 Å². The second kappa shape index (κ2) is 24.4. The first kappa shape index (κ1) is 25.4. The highest BCUT2D eigenvalue weighted by molar-refractivity contribution is 5.48. The van der Waals surface area contributed by atoms with Crippen LogP contribution in [0.1, 0.15) is 141 Å². The molecule has 0 saturated heterocycles. The second-order valence-corrected chi connectivity index (χ2v) is 8.10. The molecule has 0 aliphatic rings. The number of aldehydes is 1. The van der Waals surface area contributed by atoms with E-state index in [1.54, 1.807) is 0 Å². The van der Waals surface area contributed by atoms with Crippen LogP contribution < -0.4 is 0 Å². The summed E-state index contributed by atoms with van der Waals surface area (Å²) in [7, 11) is 0. The lowest BCUT2D eigenvalue weighted by Gasteiger charge is -2.04. The summed E-state index contributed by atoms with van der Waals surface area (Å²) in [6.07, 6.45) is 33.0. The van der Waals surface area contributed by atoms with Crippen molar-refractivity contribution >= 4 is 6.29 Å². The van der Waals surface area contributed by atoms with E-state index < -0.39 is 0 Å². The van der Waals surface area contributed by atoms with Crippen molar-refractivity contribution in [3.05, 3.63) is 12.7 Å². The summed E-state index contributed by atoms with van der Waals surface area (Å²) in [5, 5.41) is 0. The maximum absolute atomic E-state index is 10.2. The maximum atomic E-state index is 10.2. The number of rotatable bonds is 23. The van der Waals surface area contributed by atoms with Gasteiger partial charge >= 0.3 is 0 Å². The van der Waals surface area contributed by atoms with Crippen molar-refractivity contribution in [2.24, 2.45) is 0 Å². The Balaban J connectivity index is 2.96. The number of carbonyl (C=O) groups is 1. The number of carbonyl (C=O) groups excluding carboxylic acids is 1.